The van der Waals surface area contributed by atoms with E-state index in [1.54, 1.807) is 6.20 Å². The maximum Gasteiger partial charge on any atom is 0.201 e. The number of hydrogen-bond acceptors (Lipinski definition) is 3. The summed E-state index contributed by atoms with van der Waals surface area (Å²) in [5.74, 6) is 0.696. The second kappa shape index (κ2) is 9.52. The molecule has 0 N–H and O–H groups in total. The highest BCUT2D eigenvalue weighted by atomic mass is 16.3. The zero-order chi connectivity index (χ0) is 18.0. The van der Waals surface area contributed by atoms with Crippen molar-refractivity contribution >= 4 is 11.9 Å². The SMILES string of the molecule is O=C(CCCC/C=C/c1ccc(-c2ccccc2)cc1)Cc1ncco1. The predicted octanol–water partition coefficient (Wildman–Crippen LogP) is 5.73. The van der Waals surface area contributed by atoms with E-state index in [-0.39, 0.29) is 5.78 Å². The molecule has 1 aromatic heterocycles. The van der Waals surface area contributed by atoms with Crippen molar-refractivity contribution in [3.05, 3.63) is 84.6 Å². The van der Waals surface area contributed by atoms with Gasteiger partial charge in [-0.25, -0.2) is 4.98 Å². The van der Waals surface area contributed by atoms with Crippen molar-refractivity contribution in [1.29, 1.82) is 0 Å². The van der Waals surface area contributed by atoms with Crippen molar-refractivity contribution in [1.82, 2.24) is 4.98 Å². The van der Waals surface area contributed by atoms with Gasteiger partial charge in [0.15, 0.2) is 0 Å². The topological polar surface area (TPSA) is 43.1 Å². The summed E-state index contributed by atoms with van der Waals surface area (Å²) in [6.45, 7) is 0. The molecule has 26 heavy (non-hydrogen) atoms. The summed E-state index contributed by atoms with van der Waals surface area (Å²) in [7, 11) is 0. The summed E-state index contributed by atoms with van der Waals surface area (Å²) >= 11 is 0. The van der Waals surface area contributed by atoms with Crippen molar-refractivity contribution in [2.75, 3.05) is 0 Å². The summed E-state index contributed by atoms with van der Waals surface area (Å²) < 4.78 is 5.09. The third-order valence-corrected chi connectivity index (χ3v) is 4.24. The lowest BCUT2D eigenvalue weighted by Crippen LogP contribution is -2.02. The number of carbonyl (C=O) groups is 1. The molecule has 3 aromatic rings. The van der Waals surface area contributed by atoms with Gasteiger partial charge in [0.05, 0.1) is 12.6 Å². The molecule has 0 amide bonds. The number of oxazole rings is 1. The molecule has 132 valence electrons. The third kappa shape index (κ3) is 5.55. The number of nitrogens with zero attached hydrogens (tertiary/aromatic N) is 1. The first-order valence-electron chi connectivity index (χ1n) is 9.03. The molecule has 3 heteroatoms. The molecule has 0 atom stereocenters. The van der Waals surface area contributed by atoms with Crippen LogP contribution < -0.4 is 0 Å². The Kier molecular flexibility index (Phi) is 6.54. The van der Waals surface area contributed by atoms with Gasteiger partial charge >= 0.3 is 0 Å². The molecule has 3 nitrogen and oxygen atoms in total. The second-order valence-electron chi connectivity index (χ2n) is 6.28. The summed E-state index contributed by atoms with van der Waals surface area (Å²) in [4.78, 5) is 15.8. The van der Waals surface area contributed by atoms with Gasteiger partial charge in [-0.05, 0) is 36.0 Å². The molecule has 0 aliphatic rings. The van der Waals surface area contributed by atoms with Crippen LogP contribution in [0.4, 0.5) is 0 Å². The first-order valence-corrected chi connectivity index (χ1v) is 9.03. The van der Waals surface area contributed by atoms with Crippen LogP contribution in [0.1, 0.15) is 37.1 Å². The minimum absolute atomic E-state index is 0.188. The van der Waals surface area contributed by atoms with Crippen LogP contribution >= 0.6 is 0 Å². The maximum absolute atomic E-state index is 11.8. The standard InChI is InChI=1S/C23H23NO2/c25-22(18-23-24-16-17-26-23)11-7-2-1-4-8-19-12-14-21(15-13-19)20-9-5-3-6-10-20/h3-6,8-10,12-17H,1-2,7,11,18H2/b8-4+. The highest BCUT2D eigenvalue weighted by Gasteiger charge is 2.06. The van der Waals surface area contributed by atoms with E-state index in [0.29, 0.717) is 18.7 Å². The molecular weight excluding hydrogens is 322 g/mol. The summed E-state index contributed by atoms with van der Waals surface area (Å²) in [5.41, 5.74) is 3.66. The zero-order valence-corrected chi connectivity index (χ0v) is 14.8. The molecular formula is C23H23NO2. The van der Waals surface area contributed by atoms with Crippen LogP contribution in [0.25, 0.3) is 17.2 Å². The number of carbonyl (C=O) groups excluding carboxylic acids is 1. The molecule has 1 heterocycles. The van der Waals surface area contributed by atoms with Gasteiger partial charge in [-0.2, -0.15) is 0 Å². The van der Waals surface area contributed by atoms with Crippen molar-refractivity contribution < 1.29 is 9.21 Å². The number of allylic oxidation sites excluding steroid dienone is 1. The average molecular weight is 345 g/mol. The Bertz CT molecular complexity index is 818. The van der Waals surface area contributed by atoms with Gasteiger partial charge in [-0.3, -0.25) is 4.79 Å². The van der Waals surface area contributed by atoms with Gasteiger partial charge in [0, 0.05) is 6.42 Å². The Morgan fingerprint density at radius 2 is 1.73 bits per heavy atom. The lowest BCUT2D eigenvalue weighted by molar-refractivity contribution is -0.118. The molecule has 0 radical (unpaired) electrons. The van der Waals surface area contributed by atoms with Gasteiger partial charge in [-0.1, -0.05) is 66.7 Å². The van der Waals surface area contributed by atoms with Crippen LogP contribution in [-0.4, -0.2) is 10.8 Å². The number of hydrogen-bond donors (Lipinski definition) is 0. The molecule has 0 saturated heterocycles. The van der Waals surface area contributed by atoms with Gasteiger partial charge in [0.25, 0.3) is 0 Å². The van der Waals surface area contributed by atoms with Crippen LogP contribution in [0, 0.1) is 0 Å². The van der Waals surface area contributed by atoms with Gasteiger partial charge in [0.1, 0.15) is 12.0 Å². The van der Waals surface area contributed by atoms with Gasteiger partial charge in [0.2, 0.25) is 5.89 Å². The normalized spacial score (nSPS) is 11.1. The molecule has 2 aromatic carbocycles. The van der Waals surface area contributed by atoms with Gasteiger partial charge in [-0.15, -0.1) is 0 Å². The zero-order valence-electron chi connectivity index (χ0n) is 14.8. The quantitative estimate of drug-likeness (QED) is 0.465. The van der Waals surface area contributed by atoms with E-state index >= 15 is 0 Å². The Labute approximate surface area is 154 Å². The first-order chi connectivity index (χ1) is 12.8. The highest BCUT2D eigenvalue weighted by molar-refractivity contribution is 5.79. The second-order valence-corrected chi connectivity index (χ2v) is 6.28. The van der Waals surface area contributed by atoms with Crippen LogP contribution in [-0.2, 0) is 11.2 Å². The van der Waals surface area contributed by atoms with E-state index in [1.165, 1.54) is 23.0 Å². The molecule has 0 saturated carbocycles. The van der Waals surface area contributed by atoms with E-state index in [2.05, 4.69) is 65.7 Å². The van der Waals surface area contributed by atoms with Gasteiger partial charge < -0.3 is 4.42 Å². The molecule has 0 spiro atoms. The maximum atomic E-state index is 11.8. The van der Waals surface area contributed by atoms with Crippen LogP contribution in [0.2, 0.25) is 0 Å². The van der Waals surface area contributed by atoms with E-state index in [9.17, 15) is 4.79 Å². The molecule has 3 rings (SSSR count). The van der Waals surface area contributed by atoms with E-state index in [4.69, 9.17) is 4.42 Å². The Morgan fingerprint density at radius 3 is 2.46 bits per heavy atom. The molecule has 0 unspecified atom stereocenters. The largest absolute Gasteiger partial charge is 0.449 e. The van der Waals surface area contributed by atoms with Crippen molar-refractivity contribution in [2.24, 2.45) is 0 Å². The number of Topliss-reactive ketones (excluding diaryl/α,β-unsaturated/α-hetero) is 1. The summed E-state index contributed by atoms with van der Waals surface area (Å²) in [6, 6.07) is 19.0. The number of rotatable bonds is 9. The van der Waals surface area contributed by atoms with Crippen molar-refractivity contribution in [3.8, 4) is 11.1 Å². The Balaban J connectivity index is 1.37. The molecule has 0 bridgehead atoms. The van der Waals surface area contributed by atoms with Crippen molar-refractivity contribution in [2.45, 2.75) is 32.1 Å². The number of benzene rings is 2. The Morgan fingerprint density at radius 1 is 0.962 bits per heavy atom. The molecule has 0 aliphatic carbocycles. The Hall–Kier alpha value is -2.94. The lowest BCUT2D eigenvalue weighted by atomic mass is 10.0. The minimum atomic E-state index is 0.188. The summed E-state index contributed by atoms with van der Waals surface area (Å²) in [5, 5.41) is 0. The van der Waals surface area contributed by atoms with Crippen LogP contribution in [0.5, 0.6) is 0 Å². The molecule has 0 aliphatic heterocycles. The molecule has 0 fully saturated rings. The third-order valence-electron chi connectivity index (χ3n) is 4.24. The van der Waals surface area contributed by atoms with E-state index in [1.807, 2.05) is 6.07 Å². The lowest BCUT2D eigenvalue weighted by Gasteiger charge is -2.02. The van der Waals surface area contributed by atoms with E-state index < -0.39 is 0 Å². The fourth-order valence-electron chi connectivity index (χ4n) is 2.82. The smallest absolute Gasteiger partial charge is 0.201 e. The average Bonchev–Trinajstić information content (AvgIpc) is 3.19. The predicted molar refractivity (Wildman–Crippen MR) is 105 cm³/mol. The monoisotopic (exact) mass is 345 g/mol. The first kappa shape index (κ1) is 17.9. The fraction of sp³-hybridized carbons (Fsp3) is 0.217. The number of unbranched alkanes of at least 4 members (excludes halogenated alkanes) is 2. The number of aromatic nitrogens is 1. The minimum Gasteiger partial charge on any atom is -0.449 e. The highest BCUT2D eigenvalue weighted by Crippen LogP contribution is 2.19. The van der Waals surface area contributed by atoms with Crippen LogP contribution in [0.3, 0.4) is 0 Å². The van der Waals surface area contributed by atoms with E-state index in [0.717, 1.165) is 19.3 Å². The fourth-order valence-corrected chi connectivity index (χ4v) is 2.82. The number of ketones is 1. The van der Waals surface area contributed by atoms with Crippen molar-refractivity contribution in [3.63, 3.8) is 0 Å². The summed E-state index contributed by atoms with van der Waals surface area (Å²) in [6.07, 6.45) is 11.2. The van der Waals surface area contributed by atoms with Crippen LogP contribution in [0.15, 0.2) is 77.6 Å².